The maximum absolute atomic E-state index is 15.0. The van der Waals surface area contributed by atoms with Crippen LogP contribution < -0.4 is 38.0 Å². The highest BCUT2D eigenvalue weighted by atomic mass is 35.5. The van der Waals surface area contributed by atoms with Gasteiger partial charge in [0.2, 0.25) is 6.29 Å². The second kappa shape index (κ2) is 20.9. The molecule has 0 amide bonds. The molecule has 7 rings (SSSR count). The van der Waals surface area contributed by atoms with Crippen LogP contribution in [-0.2, 0) is 35.9 Å². The van der Waals surface area contributed by atoms with Crippen LogP contribution in [0.15, 0.2) is 90.5 Å². The van der Waals surface area contributed by atoms with Crippen LogP contribution in [0, 0.1) is 17.6 Å². The zero-order valence-electron chi connectivity index (χ0n) is 35.5. The summed E-state index contributed by atoms with van der Waals surface area (Å²) < 4.78 is 61.1. The molecule has 2 fully saturated rings. The van der Waals surface area contributed by atoms with Gasteiger partial charge < -0.3 is 51.2 Å². The molecule has 3 aromatic carbocycles. The number of rotatable bonds is 17. The molecule has 0 bridgehead atoms. The molecule has 0 spiro atoms. The van der Waals surface area contributed by atoms with Crippen molar-refractivity contribution in [3.05, 3.63) is 113 Å². The third-order valence-corrected chi connectivity index (χ3v) is 11.2. The second-order valence-electron chi connectivity index (χ2n) is 15.5. The van der Waals surface area contributed by atoms with Gasteiger partial charge in [0.15, 0.2) is 6.54 Å². The number of aromatic nitrogens is 6. The van der Waals surface area contributed by atoms with E-state index in [4.69, 9.17) is 23.7 Å². The topological polar surface area (TPSA) is 174 Å². The van der Waals surface area contributed by atoms with Crippen molar-refractivity contribution < 1.29 is 59.8 Å². The maximum Gasteiger partial charge on any atom is 0.511 e. The molecule has 0 saturated carbocycles. The molecule has 63 heavy (non-hydrogen) atoms. The molecule has 20 heteroatoms. The molecular weight excluding hydrogens is 844 g/mol. The smallest absolute Gasteiger partial charge is 0.511 e. The Morgan fingerprint density at radius 3 is 2.19 bits per heavy atom. The van der Waals surface area contributed by atoms with Gasteiger partial charge in [0.25, 0.3) is 0 Å². The fourth-order valence-electron chi connectivity index (χ4n) is 8.04. The van der Waals surface area contributed by atoms with E-state index >= 15 is 4.39 Å². The number of ether oxygens (including phenoxy) is 5. The first-order valence-electron chi connectivity index (χ1n) is 20.7. The van der Waals surface area contributed by atoms with Crippen LogP contribution in [0.2, 0.25) is 0 Å². The average molecular weight is 896 g/mol. The lowest BCUT2D eigenvalue weighted by atomic mass is 9.87. The summed E-state index contributed by atoms with van der Waals surface area (Å²) in [6.07, 6.45) is 2.38. The van der Waals surface area contributed by atoms with Crippen LogP contribution in [0.25, 0.3) is 5.69 Å². The SMILES string of the molecule is CC[C@@H]([C@H](C)OC(=O)OC(C)OC(=O)C[NH2+]C)n1ncn(-c2ccc(N3CCN(c4ccc(OC[C@@H]5CO[C@@](Cn6cncn6)(c6ccc(F)cc6F)C5)cc4)CC3)cc2)c1=O.[Cl-]. The molecule has 2 aliphatic rings. The first-order chi connectivity index (χ1) is 29.9. The Bertz CT molecular complexity index is 2330. The fraction of sp³-hybridized carbons (Fsp3) is 0.442. The molecule has 5 atom stereocenters. The number of esters is 1. The number of benzene rings is 3. The highest BCUT2D eigenvalue weighted by Crippen LogP contribution is 2.42. The molecule has 2 N–H and O–H groups in total. The van der Waals surface area contributed by atoms with E-state index in [1.807, 2.05) is 55.5 Å². The zero-order chi connectivity index (χ0) is 43.8. The highest BCUT2D eigenvalue weighted by Gasteiger charge is 2.45. The first kappa shape index (κ1) is 46.5. The molecule has 2 saturated heterocycles. The van der Waals surface area contributed by atoms with Crippen molar-refractivity contribution in [2.24, 2.45) is 5.92 Å². The van der Waals surface area contributed by atoms with Crippen molar-refractivity contribution >= 4 is 23.5 Å². The predicted octanol–water partition coefficient (Wildman–Crippen LogP) is 0.821. The zero-order valence-corrected chi connectivity index (χ0v) is 36.3. The van der Waals surface area contributed by atoms with Gasteiger partial charge in [-0.3, -0.25) is 0 Å². The molecule has 0 radical (unpaired) electrons. The van der Waals surface area contributed by atoms with Gasteiger partial charge in [-0.05, 0) is 74.4 Å². The van der Waals surface area contributed by atoms with Gasteiger partial charge >= 0.3 is 17.8 Å². The molecule has 17 nitrogen and oxygen atoms in total. The van der Waals surface area contributed by atoms with Crippen molar-refractivity contribution in [1.29, 1.82) is 0 Å². The minimum Gasteiger partial charge on any atom is -1.00 e. The number of nitrogens with two attached hydrogens (primary N) is 1. The third kappa shape index (κ3) is 11.1. The lowest BCUT2D eigenvalue weighted by Gasteiger charge is -2.37. The van der Waals surface area contributed by atoms with Gasteiger partial charge in [0.1, 0.15) is 48.1 Å². The van der Waals surface area contributed by atoms with E-state index < -0.39 is 47.8 Å². The molecule has 5 aromatic rings. The van der Waals surface area contributed by atoms with Crippen LogP contribution in [0.3, 0.4) is 0 Å². The number of quaternary nitrogens is 1. The number of carbonyl (C=O) groups excluding carboxylic acids is 2. The quantitative estimate of drug-likeness (QED) is 0.103. The largest absolute Gasteiger partial charge is 1.00 e. The Kier molecular flexibility index (Phi) is 15.4. The van der Waals surface area contributed by atoms with E-state index in [1.54, 1.807) is 30.3 Å². The Labute approximate surface area is 369 Å². The number of hydrogen-bond donors (Lipinski definition) is 1. The minimum absolute atomic E-state index is 0. The molecule has 1 unspecified atom stereocenters. The summed E-state index contributed by atoms with van der Waals surface area (Å²) in [4.78, 5) is 46.2. The highest BCUT2D eigenvalue weighted by molar-refractivity contribution is 5.70. The fourth-order valence-corrected chi connectivity index (χ4v) is 8.04. The summed E-state index contributed by atoms with van der Waals surface area (Å²) in [5, 5.41) is 10.1. The maximum atomic E-state index is 15.0. The average Bonchev–Trinajstić information content (AvgIpc) is 4.02. The molecule has 0 aliphatic carbocycles. The van der Waals surface area contributed by atoms with Crippen LogP contribution >= 0.6 is 0 Å². The predicted molar refractivity (Wildman–Crippen MR) is 221 cm³/mol. The Morgan fingerprint density at radius 2 is 1.57 bits per heavy atom. The van der Waals surface area contributed by atoms with Gasteiger partial charge in [-0.1, -0.05) is 13.0 Å². The van der Waals surface area contributed by atoms with E-state index in [0.717, 1.165) is 43.6 Å². The Hall–Kier alpha value is -6.05. The van der Waals surface area contributed by atoms with E-state index in [1.165, 1.54) is 41.0 Å². The van der Waals surface area contributed by atoms with E-state index in [9.17, 15) is 18.8 Å². The van der Waals surface area contributed by atoms with Crippen LogP contribution in [0.4, 0.5) is 25.0 Å². The van der Waals surface area contributed by atoms with Crippen molar-refractivity contribution in [3.8, 4) is 11.4 Å². The van der Waals surface area contributed by atoms with Gasteiger partial charge in [-0.15, -0.1) is 0 Å². The standard InChI is InChI=1S/C43H51F2N9O8.ClH/c1-5-39(29(2)60-42(57)62-30(3)61-40(55)22-46-4)54-41(56)53(28-49-54)35-9-7-33(8-10-35)50-16-18-51(19-17-50)34-11-13-36(14-12-34)58-23-31-21-43(59-24-31,25-52-27-47-26-48-52)37-15-6-32(44)20-38(37)45;/h6-15,20,26-31,39,46H,5,16-19,21-25H2,1-4H3;1H/t29-,30?,31+,39-,43-;/m0./s1. The first-order valence-corrected chi connectivity index (χ1v) is 20.7. The molecule has 338 valence electrons. The van der Waals surface area contributed by atoms with Crippen LogP contribution in [-0.4, -0.2) is 107 Å². The summed E-state index contributed by atoms with van der Waals surface area (Å²) in [6.45, 7) is 9.13. The summed E-state index contributed by atoms with van der Waals surface area (Å²) in [6, 6.07) is 18.7. The van der Waals surface area contributed by atoms with Crippen molar-refractivity contribution in [3.63, 3.8) is 0 Å². The summed E-state index contributed by atoms with van der Waals surface area (Å²) >= 11 is 0. The van der Waals surface area contributed by atoms with Gasteiger partial charge in [0, 0.05) is 62.0 Å². The summed E-state index contributed by atoms with van der Waals surface area (Å²) in [5.74, 6) is -1.17. The number of carbonyl (C=O) groups is 2. The number of piperazine rings is 1. The van der Waals surface area contributed by atoms with Crippen molar-refractivity contribution in [2.75, 3.05) is 62.8 Å². The van der Waals surface area contributed by atoms with E-state index in [2.05, 4.69) is 25.0 Å². The number of likely N-dealkylation sites (N-methyl/N-ethyl adjacent to an activating group) is 1. The van der Waals surface area contributed by atoms with E-state index in [-0.39, 0.29) is 42.7 Å². The normalized spacial score (nSPS) is 18.9. The molecule has 2 aliphatic heterocycles. The number of anilines is 2. The Balaban J connectivity index is 0.00000661. The molecule has 4 heterocycles. The number of nitrogens with zero attached hydrogens (tertiary/aromatic N) is 8. The Morgan fingerprint density at radius 1 is 0.905 bits per heavy atom. The summed E-state index contributed by atoms with van der Waals surface area (Å²) in [5.41, 5.74) is 1.60. The minimum atomic E-state index is -1.13. The number of halogens is 3. The number of hydrogen-bond acceptors (Lipinski definition) is 13. The molecule has 2 aromatic heterocycles. The van der Waals surface area contributed by atoms with Crippen LogP contribution in [0.5, 0.6) is 5.75 Å². The van der Waals surface area contributed by atoms with Gasteiger partial charge in [0.05, 0.1) is 38.5 Å². The summed E-state index contributed by atoms with van der Waals surface area (Å²) in [7, 11) is 1.71. The monoisotopic (exact) mass is 895 g/mol. The van der Waals surface area contributed by atoms with Crippen molar-refractivity contribution in [1.82, 2.24) is 29.1 Å². The third-order valence-electron chi connectivity index (χ3n) is 11.2. The van der Waals surface area contributed by atoms with Crippen molar-refractivity contribution in [2.45, 2.75) is 64.2 Å². The van der Waals surface area contributed by atoms with E-state index in [0.29, 0.717) is 37.5 Å². The van der Waals surface area contributed by atoms with Gasteiger partial charge in [-0.25, -0.2) is 42.1 Å². The second-order valence-corrected chi connectivity index (χ2v) is 15.5. The molecular formula is C43H52ClF2N9O8. The van der Waals surface area contributed by atoms with Gasteiger partial charge in [-0.2, -0.15) is 10.2 Å². The lowest BCUT2D eigenvalue weighted by molar-refractivity contribution is -0.617. The lowest BCUT2D eigenvalue weighted by Crippen LogP contribution is -3.00. The van der Waals surface area contributed by atoms with Crippen LogP contribution in [0.1, 0.15) is 45.2 Å².